The van der Waals surface area contributed by atoms with Crippen molar-refractivity contribution in [3.05, 3.63) is 48.5 Å². The maximum Gasteiger partial charge on any atom is 0.242 e. The number of ether oxygens (including phenoxy) is 1. The standard InChI is InChI=1S/C19H25N3O2/c1-15(22-12-11-20-14-22)18(23)21-13-19(9-3-4-10-19)16-5-7-17(24-2)8-6-16/h5-8,11-12,14-15H,3-4,9-10,13H2,1-2H3,(H,21,23)/t15-/m1/s1. The van der Waals surface area contributed by atoms with E-state index in [2.05, 4.69) is 22.4 Å². The fourth-order valence-electron chi connectivity index (χ4n) is 3.60. The van der Waals surface area contributed by atoms with Crippen LogP contribution in [0.5, 0.6) is 5.75 Å². The highest BCUT2D eigenvalue weighted by molar-refractivity contribution is 5.80. The molecule has 1 aliphatic carbocycles. The molecule has 0 spiro atoms. The molecule has 0 radical (unpaired) electrons. The summed E-state index contributed by atoms with van der Waals surface area (Å²) in [5, 5.41) is 3.16. The minimum atomic E-state index is -0.248. The first-order valence-electron chi connectivity index (χ1n) is 8.54. The van der Waals surface area contributed by atoms with E-state index < -0.39 is 0 Å². The monoisotopic (exact) mass is 327 g/mol. The van der Waals surface area contributed by atoms with Crippen molar-refractivity contribution in [3.63, 3.8) is 0 Å². The van der Waals surface area contributed by atoms with Gasteiger partial charge in [-0.15, -0.1) is 0 Å². The Morgan fingerprint density at radius 3 is 2.62 bits per heavy atom. The molecular formula is C19H25N3O2. The number of carbonyl (C=O) groups excluding carboxylic acids is 1. The van der Waals surface area contributed by atoms with Gasteiger partial charge in [0, 0.05) is 24.4 Å². The van der Waals surface area contributed by atoms with Crippen LogP contribution in [0.15, 0.2) is 43.0 Å². The van der Waals surface area contributed by atoms with Crippen LogP contribution in [0.1, 0.15) is 44.2 Å². The van der Waals surface area contributed by atoms with Crippen LogP contribution in [-0.4, -0.2) is 29.1 Å². The zero-order valence-electron chi connectivity index (χ0n) is 14.4. The molecule has 0 aliphatic heterocycles. The average Bonchev–Trinajstić information content (AvgIpc) is 3.31. The molecule has 5 heteroatoms. The molecule has 1 N–H and O–H groups in total. The second kappa shape index (κ2) is 7.07. The molecule has 1 aromatic heterocycles. The number of benzene rings is 1. The second-order valence-electron chi connectivity index (χ2n) is 6.62. The molecule has 1 aliphatic rings. The third kappa shape index (κ3) is 3.30. The van der Waals surface area contributed by atoms with Crippen molar-refractivity contribution in [1.82, 2.24) is 14.9 Å². The normalized spacial score (nSPS) is 17.4. The van der Waals surface area contributed by atoms with Gasteiger partial charge in [0.05, 0.1) is 13.4 Å². The molecule has 128 valence electrons. The number of carbonyl (C=O) groups is 1. The Balaban J connectivity index is 1.70. The lowest BCUT2D eigenvalue weighted by molar-refractivity contribution is -0.124. The molecular weight excluding hydrogens is 302 g/mol. The molecule has 1 heterocycles. The van der Waals surface area contributed by atoms with Crippen LogP contribution in [0.4, 0.5) is 0 Å². The lowest BCUT2D eigenvalue weighted by atomic mass is 9.78. The Labute approximate surface area is 143 Å². The number of hydrogen-bond acceptors (Lipinski definition) is 3. The Morgan fingerprint density at radius 1 is 1.33 bits per heavy atom. The van der Waals surface area contributed by atoms with Crippen molar-refractivity contribution >= 4 is 5.91 Å². The Morgan fingerprint density at radius 2 is 2.04 bits per heavy atom. The maximum absolute atomic E-state index is 12.5. The molecule has 1 atom stereocenters. The molecule has 0 saturated heterocycles. The fourth-order valence-corrected chi connectivity index (χ4v) is 3.60. The Bertz CT molecular complexity index is 658. The quantitative estimate of drug-likeness (QED) is 0.887. The summed E-state index contributed by atoms with van der Waals surface area (Å²) >= 11 is 0. The number of aromatic nitrogens is 2. The van der Waals surface area contributed by atoms with Crippen LogP contribution < -0.4 is 10.1 Å². The van der Waals surface area contributed by atoms with Gasteiger partial charge in [0.1, 0.15) is 11.8 Å². The van der Waals surface area contributed by atoms with E-state index in [1.54, 1.807) is 19.6 Å². The number of nitrogens with zero attached hydrogens (tertiary/aromatic N) is 2. The first-order chi connectivity index (χ1) is 11.6. The third-order valence-corrected chi connectivity index (χ3v) is 5.22. The maximum atomic E-state index is 12.5. The number of rotatable bonds is 6. The predicted octanol–water partition coefficient (Wildman–Crippen LogP) is 3.08. The summed E-state index contributed by atoms with van der Waals surface area (Å²) in [5.74, 6) is 0.900. The average molecular weight is 327 g/mol. The number of amides is 1. The highest BCUT2D eigenvalue weighted by Gasteiger charge is 2.36. The summed E-state index contributed by atoms with van der Waals surface area (Å²) < 4.78 is 7.08. The van der Waals surface area contributed by atoms with E-state index >= 15 is 0 Å². The van der Waals surface area contributed by atoms with E-state index in [1.165, 1.54) is 18.4 Å². The van der Waals surface area contributed by atoms with Gasteiger partial charge in [0.15, 0.2) is 0 Å². The molecule has 1 amide bonds. The molecule has 0 bridgehead atoms. The molecule has 2 aromatic rings. The summed E-state index contributed by atoms with van der Waals surface area (Å²) in [4.78, 5) is 16.5. The predicted molar refractivity (Wildman–Crippen MR) is 93.1 cm³/mol. The first-order valence-corrected chi connectivity index (χ1v) is 8.54. The minimum absolute atomic E-state index is 0.0350. The fraction of sp³-hybridized carbons (Fsp3) is 0.474. The smallest absolute Gasteiger partial charge is 0.242 e. The summed E-state index contributed by atoms with van der Waals surface area (Å²) in [6, 6.07) is 8.03. The van der Waals surface area contributed by atoms with E-state index in [4.69, 9.17) is 4.74 Å². The molecule has 5 nitrogen and oxygen atoms in total. The van der Waals surface area contributed by atoms with Crippen molar-refractivity contribution in [2.45, 2.75) is 44.1 Å². The van der Waals surface area contributed by atoms with E-state index in [0.29, 0.717) is 6.54 Å². The minimum Gasteiger partial charge on any atom is -0.497 e. The molecule has 1 aromatic carbocycles. The molecule has 1 fully saturated rings. The Hall–Kier alpha value is -2.30. The lowest BCUT2D eigenvalue weighted by Gasteiger charge is -2.30. The van der Waals surface area contributed by atoms with Gasteiger partial charge in [-0.3, -0.25) is 4.79 Å². The molecule has 24 heavy (non-hydrogen) atoms. The highest BCUT2D eigenvalue weighted by atomic mass is 16.5. The van der Waals surface area contributed by atoms with Crippen LogP contribution in [-0.2, 0) is 10.2 Å². The number of nitrogens with one attached hydrogen (secondary N) is 1. The van der Waals surface area contributed by atoms with E-state index in [0.717, 1.165) is 18.6 Å². The van der Waals surface area contributed by atoms with E-state index in [1.807, 2.05) is 29.8 Å². The summed E-state index contributed by atoms with van der Waals surface area (Å²) in [7, 11) is 1.68. The van der Waals surface area contributed by atoms with E-state index in [-0.39, 0.29) is 17.4 Å². The second-order valence-corrected chi connectivity index (χ2v) is 6.62. The van der Waals surface area contributed by atoms with Gasteiger partial charge in [-0.05, 0) is 37.5 Å². The van der Waals surface area contributed by atoms with Gasteiger partial charge in [0.2, 0.25) is 5.91 Å². The lowest BCUT2D eigenvalue weighted by Crippen LogP contribution is -2.41. The topological polar surface area (TPSA) is 56.1 Å². The van der Waals surface area contributed by atoms with Gasteiger partial charge in [-0.2, -0.15) is 0 Å². The van der Waals surface area contributed by atoms with E-state index in [9.17, 15) is 4.79 Å². The van der Waals surface area contributed by atoms with Gasteiger partial charge in [0.25, 0.3) is 0 Å². The molecule has 0 unspecified atom stereocenters. The third-order valence-electron chi connectivity index (χ3n) is 5.22. The number of imidazole rings is 1. The van der Waals surface area contributed by atoms with Crippen LogP contribution in [0.25, 0.3) is 0 Å². The largest absolute Gasteiger partial charge is 0.497 e. The van der Waals surface area contributed by atoms with Crippen molar-refractivity contribution in [2.75, 3.05) is 13.7 Å². The van der Waals surface area contributed by atoms with Crippen LogP contribution >= 0.6 is 0 Å². The SMILES string of the molecule is COc1ccc(C2(CNC(=O)[C@@H](C)n3ccnc3)CCCC2)cc1. The number of methoxy groups -OCH3 is 1. The van der Waals surface area contributed by atoms with Crippen molar-refractivity contribution < 1.29 is 9.53 Å². The van der Waals surface area contributed by atoms with Gasteiger partial charge in [-0.1, -0.05) is 25.0 Å². The Kier molecular flexibility index (Phi) is 4.88. The zero-order chi connectivity index (χ0) is 17.0. The molecule has 3 rings (SSSR count). The van der Waals surface area contributed by atoms with Crippen molar-refractivity contribution in [1.29, 1.82) is 0 Å². The summed E-state index contributed by atoms with van der Waals surface area (Å²) in [6.07, 6.45) is 9.83. The summed E-state index contributed by atoms with van der Waals surface area (Å²) in [6.45, 7) is 2.57. The number of hydrogen-bond donors (Lipinski definition) is 1. The summed E-state index contributed by atoms with van der Waals surface area (Å²) in [5.41, 5.74) is 1.33. The highest BCUT2D eigenvalue weighted by Crippen LogP contribution is 2.41. The van der Waals surface area contributed by atoms with Gasteiger partial charge >= 0.3 is 0 Å². The first kappa shape index (κ1) is 16.6. The van der Waals surface area contributed by atoms with Crippen LogP contribution in [0, 0.1) is 0 Å². The van der Waals surface area contributed by atoms with Crippen molar-refractivity contribution in [3.8, 4) is 5.75 Å². The van der Waals surface area contributed by atoms with Crippen LogP contribution in [0.3, 0.4) is 0 Å². The van der Waals surface area contributed by atoms with Crippen LogP contribution in [0.2, 0.25) is 0 Å². The van der Waals surface area contributed by atoms with Gasteiger partial charge < -0.3 is 14.6 Å². The zero-order valence-corrected chi connectivity index (χ0v) is 14.4. The van der Waals surface area contributed by atoms with Crippen molar-refractivity contribution in [2.24, 2.45) is 0 Å². The van der Waals surface area contributed by atoms with Gasteiger partial charge in [-0.25, -0.2) is 4.98 Å². The molecule has 1 saturated carbocycles.